The molecule has 5 heteroatoms. The highest BCUT2D eigenvalue weighted by atomic mass is 16.5. The first kappa shape index (κ1) is 12.2. The highest BCUT2D eigenvalue weighted by Gasteiger charge is 2.14. The molecule has 86 valence electrons. The minimum Gasteiger partial charge on any atom is -0.504 e. The van der Waals surface area contributed by atoms with E-state index in [1.165, 1.54) is 19.2 Å². The Morgan fingerprint density at radius 3 is 2.75 bits per heavy atom. The molecule has 0 spiro atoms. The normalized spacial score (nSPS) is 9.88. The molecule has 5 nitrogen and oxygen atoms in total. The Morgan fingerprint density at radius 2 is 2.25 bits per heavy atom. The van der Waals surface area contributed by atoms with Gasteiger partial charge in [0, 0.05) is 11.1 Å². The van der Waals surface area contributed by atoms with Crippen LogP contribution in [0.5, 0.6) is 11.5 Å². The Morgan fingerprint density at radius 1 is 1.56 bits per heavy atom. The van der Waals surface area contributed by atoms with Crippen molar-refractivity contribution in [1.82, 2.24) is 5.32 Å². The molecule has 1 rings (SSSR count). The van der Waals surface area contributed by atoms with Crippen LogP contribution in [0.3, 0.4) is 0 Å². The lowest BCUT2D eigenvalue weighted by atomic mass is 10.0. The van der Waals surface area contributed by atoms with Crippen LogP contribution in [0.25, 0.3) is 0 Å². The van der Waals surface area contributed by atoms with Crippen molar-refractivity contribution < 1.29 is 19.4 Å². The molecule has 0 saturated carbocycles. The zero-order valence-corrected chi connectivity index (χ0v) is 9.11. The third kappa shape index (κ3) is 2.38. The molecule has 0 aliphatic carbocycles. The van der Waals surface area contributed by atoms with Gasteiger partial charge in [-0.1, -0.05) is 0 Å². The molecular formula is C11H13NO4. The number of phenolic OH excluding ortho intramolecular Hbond substituents is 1. The van der Waals surface area contributed by atoms with Crippen LogP contribution < -0.4 is 10.1 Å². The van der Waals surface area contributed by atoms with Crippen molar-refractivity contribution in [3.63, 3.8) is 0 Å². The predicted octanol–water partition coefficient (Wildman–Crippen LogP) is 0.615. The number of Topliss-reactive ketones (excluding diaryl/α,β-unsaturated/α-hetero) is 1. The highest BCUT2D eigenvalue weighted by molar-refractivity contribution is 6.04. The molecule has 0 aliphatic rings. The van der Waals surface area contributed by atoms with Crippen molar-refractivity contribution in [2.75, 3.05) is 20.7 Å². The number of methoxy groups -OCH3 is 1. The lowest BCUT2D eigenvalue weighted by molar-refractivity contribution is 0.0986. The van der Waals surface area contributed by atoms with Crippen molar-refractivity contribution in [3.05, 3.63) is 23.3 Å². The Bertz CT molecular complexity index is 415. The molecule has 0 fully saturated rings. The summed E-state index contributed by atoms with van der Waals surface area (Å²) in [7, 11) is 3.01. The van der Waals surface area contributed by atoms with Crippen molar-refractivity contribution in [2.45, 2.75) is 0 Å². The average Bonchev–Trinajstić information content (AvgIpc) is 2.28. The van der Waals surface area contributed by atoms with Gasteiger partial charge < -0.3 is 15.2 Å². The molecule has 0 bridgehead atoms. The smallest absolute Gasteiger partial charge is 0.177 e. The van der Waals surface area contributed by atoms with Crippen LogP contribution in [-0.2, 0) is 0 Å². The number of nitrogens with one attached hydrogen (secondary N) is 1. The number of phenols is 1. The fourth-order valence-corrected chi connectivity index (χ4v) is 1.34. The van der Waals surface area contributed by atoms with Crippen molar-refractivity contribution in [2.24, 2.45) is 0 Å². The van der Waals surface area contributed by atoms with Gasteiger partial charge in [0.05, 0.1) is 13.7 Å². The van der Waals surface area contributed by atoms with Crippen molar-refractivity contribution >= 4 is 12.1 Å². The van der Waals surface area contributed by atoms with E-state index in [1.54, 1.807) is 7.05 Å². The molecule has 16 heavy (non-hydrogen) atoms. The maximum atomic E-state index is 11.6. The van der Waals surface area contributed by atoms with E-state index in [0.29, 0.717) is 6.29 Å². The van der Waals surface area contributed by atoms with E-state index in [1.807, 2.05) is 0 Å². The number of likely N-dealkylation sites (N-methyl/N-ethyl adjacent to an activating group) is 1. The number of hydrogen-bond donors (Lipinski definition) is 2. The maximum absolute atomic E-state index is 11.6. The standard InChI is InChI=1S/C11H13NO4/c1-12-5-10(15)8-4-11(16-2)9(14)3-7(8)6-13/h3-4,6,12,14H,5H2,1-2H3. The lowest BCUT2D eigenvalue weighted by Crippen LogP contribution is -2.19. The first-order valence-corrected chi connectivity index (χ1v) is 4.68. The van der Waals surface area contributed by atoms with E-state index in [0.717, 1.165) is 0 Å². The highest BCUT2D eigenvalue weighted by Crippen LogP contribution is 2.28. The molecule has 1 aromatic rings. The summed E-state index contributed by atoms with van der Waals surface area (Å²) in [6, 6.07) is 2.58. The summed E-state index contributed by atoms with van der Waals surface area (Å²) in [5.74, 6) is -0.224. The van der Waals surface area contributed by atoms with Gasteiger partial charge >= 0.3 is 0 Å². The van der Waals surface area contributed by atoms with Gasteiger partial charge in [-0.2, -0.15) is 0 Å². The summed E-state index contributed by atoms with van der Waals surface area (Å²) in [6.45, 7) is 0.120. The lowest BCUT2D eigenvalue weighted by Gasteiger charge is -2.08. The predicted molar refractivity (Wildman–Crippen MR) is 58.3 cm³/mol. The summed E-state index contributed by atoms with van der Waals surface area (Å²) < 4.78 is 4.87. The summed E-state index contributed by atoms with van der Waals surface area (Å²) in [5.41, 5.74) is 0.387. The number of ketones is 1. The minimum atomic E-state index is -0.233. The number of carbonyl (C=O) groups is 2. The summed E-state index contributed by atoms with van der Waals surface area (Å²) in [6.07, 6.45) is 0.530. The van der Waals surface area contributed by atoms with Gasteiger partial charge in [-0.25, -0.2) is 0 Å². The van der Waals surface area contributed by atoms with Crippen molar-refractivity contribution in [3.8, 4) is 11.5 Å². The average molecular weight is 223 g/mol. The molecule has 1 aromatic carbocycles. The number of rotatable bonds is 5. The Kier molecular flexibility index (Phi) is 4.02. The quantitative estimate of drug-likeness (QED) is 0.565. The fourth-order valence-electron chi connectivity index (χ4n) is 1.34. The number of carbonyl (C=O) groups excluding carboxylic acids is 2. The Labute approximate surface area is 93.0 Å². The van der Waals surface area contributed by atoms with Crippen LogP contribution >= 0.6 is 0 Å². The van der Waals surface area contributed by atoms with Gasteiger partial charge in [-0.3, -0.25) is 9.59 Å². The summed E-state index contributed by atoms with van der Waals surface area (Å²) in [5, 5.41) is 12.1. The fraction of sp³-hybridized carbons (Fsp3) is 0.273. The molecule has 0 aromatic heterocycles. The molecule has 0 heterocycles. The van der Waals surface area contributed by atoms with Crippen LogP contribution in [0, 0.1) is 0 Å². The maximum Gasteiger partial charge on any atom is 0.177 e. The largest absolute Gasteiger partial charge is 0.504 e. The second-order valence-electron chi connectivity index (χ2n) is 3.18. The Hall–Kier alpha value is -1.88. The van der Waals surface area contributed by atoms with E-state index in [4.69, 9.17) is 4.74 Å². The molecule has 2 N–H and O–H groups in total. The van der Waals surface area contributed by atoms with Crippen molar-refractivity contribution in [1.29, 1.82) is 0 Å². The minimum absolute atomic E-state index is 0.120. The second kappa shape index (κ2) is 5.27. The third-order valence-corrected chi connectivity index (χ3v) is 2.12. The molecule has 0 atom stereocenters. The van der Waals surface area contributed by atoms with E-state index in [9.17, 15) is 14.7 Å². The molecule has 0 aliphatic heterocycles. The molecule has 0 unspecified atom stereocenters. The summed E-state index contributed by atoms with van der Waals surface area (Å²) in [4.78, 5) is 22.4. The van der Waals surface area contributed by atoms with Crippen LogP contribution in [0.2, 0.25) is 0 Å². The van der Waals surface area contributed by atoms with Gasteiger partial charge in [0.15, 0.2) is 23.6 Å². The topological polar surface area (TPSA) is 75.6 Å². The zero-order valence-electron chi connectivity index (χ0n) is 9.11. The monoisotopic (exact) mass is 223 g/mol. The molecular weight excluding hydrogens is 210 g/mol. The van der Waals surface area contributed by atoms with Gasteiger partial charge in [-0.15, -0.1) is 0 Å². The van der Waals surface area contributed by atoms with Gasteiger partial charge in [-0.05, 0) is 19.2 Å². The van der Waals surface area contributed by atoms with E-state index >= 15 is 0 Å². The summed E-state index contributed by atoms with van der Waals surface area (Å²) >= 11 is 0. The van der Waals surface area contributed by atoms with Gasteiger partial charge in [0.2, 0.25) is 0 Å². The van der Waals surface area contributed by atoms with Gasteiger partial charge in [0.25, 0.3) is 0 Å². The first-order chi connectivity index (χ1) is 7.63. The first-order valence-electron chi connectivity index (χ1n) is 4.68. The van der Waals surface area contributed by atoms with Crippen LogP contribution in [0.1, 0.15) is 20.7 Å². The van der Waals surface area contributed by atoms with Gasteiger partial charge in [0.1, 0.15) is 0 Å². The number of aldehydes is 1. The van der Waals surface area contributed by atoms with E-state index in [2.05, 4.69) is 5.32 Å². The van der Waals surface area contributed by atoms with E-state index < -0.39 is 0 Å². The number of hydrogen-bond acceptors (Lipinski definition) is 5. The molecule has 0 saturated heterocycles. The third-order valence-electron chi connectivity index (χ3n) is 2.12. The number of benzene rings is 1. The van der Waals surface area contributed by atoms with E-state index in [-0.39, 0.29) is 35.0 Å². The zero-order chi connectivity index (χ0) is 12.1. The van der Waals surface area contributed by atoms with Crippen LogP contribution in [-0.4, -0.2) is 37.9 Å². The second-order valence-corrected chi connectivity index (χ2v) is 3.18. The number of ether oxygens (including phenoxy) is 1. The number of aromatic hydroxyl groups is 1. The molecule has 0 amide bonds. The Balaban J connectivity index is 3.24. The molecule has 0 radical (unpaired) electrons. The SMILES string of the molecule is CNCC(=O)c1cc(OC)c(O)cc1C=O. The van der Waals surface area contributed by atoms with Crippen LogP contribution in [0.15, 0.2) is 12.1 Å². The van der Waals surface area contributed by atoms with Crippen LogP contribution in [0.4, 0.5) is 0 Å².